The maximum atomic E-state index is 11.7. The number of allylic oxidation sites excluding steroid dienone is 1. The fourth-order valence-electron chi connectivity index (χ4n) is 4.69. The van der Waals surface area contributed by atoms with Crippen molar-refractivity contribution in [3.8, 4) is 0 Å². The molecule has 1 aliphatic carbocycles. The van der Waals surface area contributed by atoms with Crippen molar-refractivity contribution in [2.24, 2.45) is 5.92 Å². The van der Waals surface area contributed by atoms with E-state index in [2.05, 4.69) is 19.1 Å². The standard InChI is InChI=1S/C27H36O4S/c1-3-4-5-9-24(29)19-10-12-21(13-11-19)26-20(14-15-22(26)18-28)7-6-8-23-16-17-25(32-23)27(30)31-2/h10-13,16-17,20,24,28-29H,3-9,14-15,18H2,1-2H3/t20?,24-/m0/s1. The number of rotatable bonds is 12. The Labute approximate surface area is 196 Å². The molecule has 1 aromatic carbocycles. The molecule has 2 atom stereocenters. The van der Waals surface area contributed by atoms with Gasteiger partial charge >= 0.3 is 5.97 Å². The van der Waals surface area contributed by atoms with E-state index in [-0.39, 0.29) is 12.6 Å². The van der Waals surface area contributed by atoms with Crippen LogP contribution in [0.1, 0.15) is 90.1 Å². The number of aryl methyl sites for hydroxylation is 1. The third-order valence-corrected chi connectivity index (χ3v) is 7.61. The molecule has 0 spiro atoms. The molecule has 0 aliphatic heterocycles. The molecule has 1 heterocycles. The van der Waals surface area contributed by atoms with Gasteiger partial charge in [-0.15, -0.1) is 11.3 Å². The lowest BCUT2D eigenvalue weighted by Gasteiger charge is -2.17. The number of unbranched alkanes of at least 4 members (excludes halogenated alkanes) is 2. The van der Waals surface area contributed by atoms with E-state index in [0.717, 1.165) is 68.9 Å². The molecule has 3 rings (SSSR count). The van der Waals surface area contributed by atoms with Crippen molar-refractivity contribution in [3.05, 3.63) is 62.9 Å². The van der Waals surface area contributed by atoms with Crippen molar-refractivity contribution in [1.29, 1.82) is 0 Å². The summed E-state index contributed by atoms with van der Waals surface area (Å²) in [6.45, 7) is 2.28. The topological polar surface area (TPSA) is 66.8 Å². The number of carbonyl (C=O) groups is 1. The number of hydrogen-bond acceptors (Lipinski definition) is 5. The Kier molecular flexibility index (Phi) is 9.51. The normalized spacial score (nSPS) is 17.1. The molecule has 1 aromatic heterocycles. The fourth-order valence-corrected chi connectivity index (χ4v) is 5.66. The zero-order valence-corrected chi connectivity index (χ0v) is 20.1. The van der Waals surface area contributed by atoms with Gasteiger partial charge in [0.15, 0.2) is 0 Å². The van der Waals surface area contributed by atoms with Crippen LogP contribution in [0.25, 0.3) is 5.57 Å². The van der Waals surface area contributed by atoms with E-state index in [4.69, 9.17) is 4.74 Å². The molecule has 0 saturated carbocycles. The van der Waals surface area contributed by atoms with Crippen molar-refractivity contribution < 1.29 is 19.7 Å². The summed E-state index contributed by atoms with van der Waals surface area (Å²) in [5.74, 6) is 0.172. The number of aliphatic hydroxyl groups excluding tert-OH is 2. The summed E-state index contributed by atoms with van der Waals surface area (Å²) in [5.41, 5.74) is 4.59. The minimum Gasteiger partial charge on any atom is -0.465 e. The molecule has 5 heteroatoms. The van der Waals surface area contributed by atoms with E-state index in [0.29, 0.717) is 10.8 Å². The Balaban J connectivity index is 1.61. The van der Waals surface area contributed by atoms with Gasteiger partial charge in [0.1, 0.15) is 4.88 Å². The largest absolute Gasteiger partial charge is 0.465 e. The van der Waals surface area contributed by atoms with Crippen LogP contribution in [-0.4, -0.2) is 29.9 Å². The van der Waals surface area contributed by atoms with Gasteiger partial charge in [-0.05, 0) is 78.8 Å². The Bertz CT molecular complexity index is 897. The lowest BCUT2D eigenvalue weighted by Crippen LogP contribution is -2.03. The zero-order valence-electron chi connectivity index (χ0n) is 19.3. The molecule has 174 valence electrons. The minimum absolute atomic E-state index is 0.112. The molecule has 0 bridgehead atoms. The summed E-state index contributed by atoms with van der Waals surface area (Å²) in [7, 11) is 1.41. The van der Waals surface area contributed by atoms with Crippen LogP contribution in [0.15, 0.2) is 42.0 Å². The first-order valence-corrected chi connectivity index (χ1v) is 12.7. The molecule has 0 saturated heterocycles. The Morgan fingerprint density at radius 1 is 1.16 bits per heavy atom. The summed E-state index contributed by atoms with van der Waals surface area (Å²) in [5, 5.41) is 20.4. The second-order valence-electron chi connectivity index (χ2n) is 8.69. The monoisotopic (exact) mass is 456 g/mol. The van der Waals surface area contributed by atoms with Gasteiger partial charge in [0.25, 0.3) is 0 Å². The third kappa shape index (κ3) is 6.31. The van der Waals surface area contributed by atoms with Crippen LogP contribution in [0.2, 0.25) is 0 Å². The molecule has 0 fully saturated rings. The molecular formula is C27H36O4S. The Morgan fingerprint density at radius 2 is 1.94 bits per heavy atom. The molecule has 32 heavy (non-hydrogen) atoms. The Hall–Kier alpha value is -1.95. The lowest BCUT2D eigenvalue weighted by molar-refractivity contribution is 0.0606. The van der Waals surface area contributed by atoms with E-state index in [1.165, 1.54) is 34.5 Å². The number of ether oxygens (including phenoxy) is 1. The second kappa shape index (κ2) is 12.3. The average Bonchev–Trinajstić information content (AvgIpc) is 3.46. The average molecular weight is 457 g/mol. The summed E-state index contributed by atoms with van der Waals surface area (Å²) < 4.78 is 4.80. The molecule has 2 N–H and O–H groups in total. The molecular weight excluding hydrogens is 420 g/mol. The quantitative estimate of drug-likeness (QED) is 0.289. The van der Waals surface area contributed by atoms with Crippen LogP contribution < -0.4 is 0 Å². The summed E-state index contributed by atoms with van der Waals surface area (Å²) >= 11 is 1.51. The molecule has 1 aliphatic rings. The Morgan fingerprint density at radius 3 is 2.62 bits per heavy atom. The highest BCUT2D eigenvalue weighted by atomic mass is 32.1. The number of benzene rings is 1. The summed E-state index contributed by atoms with van der Waals surface area (Å²) in [6, 6.07) is 12.2. The molecule has 4 nitrogen and oxygen atoms in total. The van der Waals surface area contributed by atoms with Crippen LogP contribution in [0.4, 0.5) is 0 Å². The first kappa shape index (κ1) is 24.7. The van der Waals surface area contributed by atoms with Crippen molar-refractivity contribution in [3.63, 3.8) is 0 Å². The highest BCUT2D eigenvalue weighted by molar-refractivity contribution is 7.13. The molecule has 2 aromatic rings. The predicted octanol–water partition coefficient (Wildman–Crippen LogP) is 6.33. The van der Waals surface area contributed by atoms with Crippen molar-refractivity contribution >= 4 is 22.9 Å². The minimum atomic E-state index is -0.401. The van der Waals surface area contributed by atoms with Gasteiger partial charge < -0.3 is 14.9 Å². The number of carbonyl (C=O) groups excluding carboxylic acids is 1. The number of aliphatic hydroxyl groups is 2. The van der Waals surface area contributed by atoms with E-state index < -0.39 is 6.10 Å². The fraction of sp³-hybridized carbons (Fsp3) is 0.519. The lowest BCUT2D eigenvalue weighted by atomic mass is 9.88. The molecule has 1 unspecified atom stereocenters. The third-order valence-electron chi connectivity index (χ3n) is 6.49. The number of hydrogen-bond donors (Lipinski definition) is 2. The molecule has 0 amide bonds. The van der Waals surface area contributed by atoms with E-state index in [9.17, 15) is 15.0 Å². The van der Waals surface area contributed by atoms with Gasteiger partial charge in [-0.1, -0.05) is 50.5 Å². The highest BCUT2D eigenvalue weighted by Crippen LogP contribution is 2.42. The van der Waals surface area contributed by atoms with Crippen LogP contribution in [-0.2, 0) is 11.2 Å². The van der Waals surface area contributed by atoms with Crippen molar-refractivity contribution in [1.82, 2.24) is 0 Å². The van der Waals surface area contributed by atoms with E-state index in [1.54, 1.807) is 0 Å². The van der Waals surface area contributed by atoms with E-state index >= 15 is 0 Å². The van der Waals surface area contributed by atoms with Crippen molar-refractivity contribution in [2.75, 3.05) is 13.7 Å². The van der Waals surface area contributed by atoms with Crippen LogP contribution in [0.3, 0.4) is 0 Å². The highest BCUT2D eigenvalue weighted by Gasteiger charge is 2.26. The van der Waals surface area contributed by atoms with Gasteiger partial charge in [0.2, 0.25) is 0 Å². The molecule has 0 radical (unpaired) electrons. The number of thiophene rings is 1. The smallest absolute Gasteiger partial charge is 0.348 e. The zero-order chi connectivity index (χ0) is 22.9. The summed E-state index contributed by atoms with van der Waals surface area (Å²) in [4.78, 5) is 13.5. The maximum absolute atomic E-state index is 11.7. The predicted molar refractivity (Wildman–Crippen MR) is 131 cm³/mol. The van der Waals surface area contributed by atoms with Gasteiger partial charge in [-0.2, -0.15) is 0 Å². The summed E-state index contributed by atoms with van der Waals surface area (Å²) in [6.07, 6.45) is 8.84. The number of esters is 1. The van der Waals surface area contributed by atoms with Crippen molar-refractivity contribution in [2.45, 2.75) is 70.8 Å². The SMILES string of the molecule is CCCCC[C@H](O)c1ccc(C2=C(CO)CCC2CCCc2ccc(C(=O)OC)s2)cc1. The van der Waals surface area contributed by atoms with E-state index in [1.807, 2.05) is 24.3 Å². The van der Waals surface area contributed by atoms with Gasteiger partial charge in [-0.25, -0.2) is 4.79 Å². The second-order valence-corrected chi connectivity index (χ2v) is 9.86. The van der Waals surface area contributed by atoms with Gasteiger partial charge in [0.05, 0.1) is 19.8 Å². The first-order valence-electron chi connectivity index (χ1n) is 11.9. The van der Waals surface area contributed by atoms with Crippen LogP contribution in [0.5, 0.6) is 0 Å². The van der Waals surface area contributed by atoms with Crippen LogP contribution >= 0.6 is 11.3 Å². The van der Waals surface area contributed by atoms with Gasteiger partial charge in [-0.3, -0.25) is 0 Å². The number of methoxy groups -OCH3 is 1. The van der Waals surface area contributed by atoms with Crippen LogP contribution in [0, 0.1) is 5.92 Å². The first-order chi connectivity index (χ1) is 15.6. The maximum Gasteiger partial charge on any atom is 0.348 e. The van der Waals surface area contributed by atoms with Gasteiger partial charge in [0, 0.05) is 4.88 Å².